The maximum atomic E-state index is 13.5. The Labute approximate surface area is 163 Å². The number of sulfonamides is 1. The highest BCUT2D eigenvalue weighted by Crippen LogP contribution is 2.32. The van der Waals surface area contributed by atoms with Gasteiger partial charge in [-0.3, -0.25) is 4.90 Å². The van der Waals surface area contributed by atoms with Gasteiger partial charge in [-0.05, 0) is 61.6 Å². The van der Waals surface area contributed by atoms with Gasteiger partial charge in [-0.25, -0.2) is 17.9 Å². The zero-order chi connectivity index (χ0) is 19.6. The number of nitrogens with zero attached hydrogens (tertiary/aromatic N) is 1. The number of benzene rings is 2. The normalized spacial score (nSPS) is 18.0. The Morgan fingerprint density at radius 3 is 2.67 bits per heavy atom. The molecule has 0 aliphatic carbocycles. The molecular formula is C19H23FN2O3S2. The first kappa shape index (κ1) is 20.1. The zero-order valence-corrected chi connectivity index (χ0v) is 16.9. The number of ether oxygens (including phenoxy) is 1. The van der Waals surface area contributed by atoms with E-state index in [1.54, 1.807) is 17.8 Å². The van der Waals surface area contributed by atoms with Crippen LogP contribution in [0.15, 0.2) is 46.2 Å². The third kappa shape index (κ3) is 5.01. The zero-order valence-electron chi connectivity index (χ0n) is 15.3. The Balaban J connectivity index is 1.91. The minimum atomic E-state index is -3.83. The summed E-state index contributed by atoms with van der Waals surface area (Å²) in [6, 6.07) is 10.4. The summed E-state index contributed by atoms with van der Waals surface area (Å²) < 4.78 is 43.0. The van der Waals surface area contributed by atoms with Crippen LogP contribution in [0, 0.1) is 6.92 Å². The van der Waals surface area contributed by atoms with E-state index in [0.29, 0.717) is 43.1 Å². The maximum absolute atomic E-state index is 13.5. The molecule has 146 valence electrons. The second-order valence-corrected chi connectivity index (χ2v) is 9.08. The van der Waals surface area contributed by atoms with Crippen molar-refractivity contribution in [2.45, 2.75) is 35.9 Å². The highest BCUT2D eigenvalue weighted by Gasteiger charge is 2.23. The standard InChI is InChI=1S/C19H23FN2O3S2/c1-13-9-16(3-6-19(13)26-2)25-18-5-4-17(27(21,23)24)10-14(18)11-22-8-7-15(20)12-22/h3-6,9-10,15H,7-8,11-12H2,1-2H3,(H2,21,23,24)/t15-/m0/s1. The van der Waals surface area contributed by atoms with Crippen molar-refractivity contribution in [2.75, 3.05) is 19.3 Å². The third-order valence-electron chi connectivity index (χ3n) is 4.56. The second-order valence-electron chi connectivity index (χ2n) is 6.67. The molecule has 0 radical (unpaired) electrons. The average Bonchev–Trinajstić information content (AvgIpc) is 3.00. The third-order valence-corrected chi connectivity index (χ3v) is 6.37. The van der Waals surface area contributed by atoms with Gasteiger partial charge in [-0.15, -0.1) is 11.8 Å². The van der Waals surface area contributed by atoms with Gasteiger partial charge in [0, 0.05) is 30.1 Å². The fourth-order valence-corrected chi connectivity index (χ4v) is 4.32. The van der Waals surface area contributed by atoms with Crippen LogP contribution in [0.5, 0.6) is 11.5 Å². The topological polar surface area (TPSA) is 72.6 Å². The summed E-state index contributed by atoms with van der Waals surface area (Å²) >= 11 is 1.66. The lowest BCUT2D eigenvalue weighted by Crippen LogP contribution is -2.21. The highest BCUT2D eigenvalue weighted by atomic mass is 32.2. The monoisotopic (exact) mass is 410 g/mol. The van der Waals surface area contributed by atoms with Crippen molar-refractivity contribution < 1.29 is 17.5 Å². The lowest BCUT2D eigenvalue weighted by atomic mass is 10.2. The highest BCUT2D eigenvalue weighted by molar-refractivity contribution is 7.98. The van der Waals surface area contributed by atoms with Crippen molar-refractivity contribution >= 4 is 21.8 Å². The Morgan fingerprint density at radius 2 is 2.07 bits per heavy atom. The van der Waals surface area contributed by atoms with Gasteiger partial charge in [0.05, 0.1) is 4.90 Å². The first-order valence-electron chi connectivity index (χ1n) is 8.61. The van der Waals surface area contributed by atoms with Gasteiger partial charge in [0.25, 0.3) is 0 Å². The van der Waals surface area contributed by atoms with Gasteiger partial charge < -0.3 is 4.74 Å². The van der Waals surface area contributed by atoms with Crippen LogP contribution in [0.3, 0.4) is 0 Å². The SMILES string of the molecule is CSc1ccc(Oc2ccc(S(N)(=O)=O)cc2CN2CC[C@H](F)C2)cc1C. The maximum Gasteiger partial charge on any atom is 0.238 e. The van der Waals surface area contributed by atoms with Gasteiger partial charge in [0.2, 0.25) is 10.0 Å². The predicted octanol–water partition coefficient (Wildman–Crippen LogP) is 3.70. The van der Waals surface area contributed by atoms with Crippen molar-refractivity contribution in [1.29, 1.82) is 0 Å². The molecule has 3 rings (SSSR count). The van der Waals surface area contributed by atoms with E-state index in [1.165, 1.54) is 17.0 Å². The van der Waals surface area contributed by atoms with E-state index in [4.69, 9.17) is 9.88 Å². The molecule has 0 spiro atoms. The molecule has 1 fully saturated rings. The predicted molar refractivity (Wildman–Crippen MR) is 106 cm³/mol. The van der Waals surface area contributed by atoms with Crippen molar-refractivity contribution in [3.8, 4) is 11.5 Å². The molecule has 0 saturated carbocycles. The summed E-state index contributed by atoms with van der Waals surface area (Å²) in [5.74, 6) is 1.21. The number of likely N-dealkylation sites (tertiary alicyclic amines) is 1. The number of alkyl halides is 1. The average molecular weight is 411 g/mol. The number of rotatable bonds is 6. The first-order valence-corrected chi connectivity index (χ1v) is 11.4. The van der Waals surface area contributed by atoms with Crippen molar-refractivity contribution in [3.05, 3.63) is 47.5 Å². The molecule has 0 bridgehead atoms. The summed E-state index contributed by atoms with van der Waals surface area (Å²) in [7, 11) is -3.83. The van der Waals surface area contributed by atoms with E-state index in [1.807, 2.05) is 36.3 Å². The van der Waals surface area contributed by atoms with Gasteiger partial charge in [-0.2, -0.15) is 0 Å². The fraction of sp³-hybridized carbons (Fsp3) is 0.368. The van der Waals surface area contributed by atoms with E-state index in [0.717, 1.165) is 5.56 Å². The van der Waals surface area contributed by atoms with Crippen molar-refractivity contribution in [2.24, 2.45) is 5.14 Å². The van der Waals surface area contributed by atoms with Gasteiger partial charge >= 0.3 is 0 Å². The molecule has 0 unspecified atom stereocenters. The second kappa shape index (κ2) is 8.18. The largest absolute Gasteiger partial charge is 0.457 e. The number of aryl methyl sites for hydroxylation is 1. The Morgan fingerprint density at radius 1 is 1.30 bits per heavy atom. The smallest absolute Gasteiger partial charge is 0.238 e. The summed E-state index contributed by atoms with van der Waals surface area (Å²) in [4.78, 5) is 3.13. The number of halogens is 1. The van der Waals surface area contributed by atoms with Gasteiger partial charge in [0.15, 0.2) is 0 Å². The molecule has 1 aliphatic heterocycles. The Bertz CT molecular complexity index is 935. The molecule has 27 heavy (non-hydrogen) atoms. The van der Waals surface area contributed by atoms with Gasteiger partial charge in [-0.1, -0.05) is 0 Å². The number of hydrogen-bond acceptors (Lipinski definition) is 5. The number of primary sulfonamides is 1. The Kier molecular flexibility index (Phi) is 6.10. The summed E-state index contributed by atoms with van der Waals surface area (Å²) in [6.07, 6.45) is 1.65. The fourth-order valence-electron chi connectivity index (χ4n) is 3.17. The van der Waals surface area contributed by atoms with Crippen LogP contribution in [0.4, 0.5) is 4.39 Å². The summed E-state index contributed by atoms with van der Waals surface area (Å²) in [5, 5.41) is 5.27. The lowest BCUT2D eigenvalue weighted by molar-refractivity contribution is 0.279. The van der Waals surface area contributed by atoms with E-state index in [2.05, 4.69) is 0 Å². The molecule has 1 saturated heterocycles. The molecule has 1 atom stereocenters. The van der Waals surface area contributed by atoms with Gasteiger partial charge in [0.1, 0.15) is 17.7 Å². The minimum Gasteiger partial charge on any atom is -0.457 e. The molecule has 1 heterocycles. The molecule has 8 heteroatoms. The van der Waals surface area contributed by atoms with Crippen LogP contribution in [0.2, 0.25) is 0 Å². The molecule has 0 aromatic heterocycles. The van der Waals surface area contributed by atoms with Crippen LogP contribution in [0.1, 0.15) is 17.5 Å². The molecular weight excluding hydrogens is 387 g/mol. The van der Waals surface area contributed by atoms with Crippen LogP contribution >= 0.6 is 11.8 Å². The van der Waals surface area contributed by atoms with E-state index in [-0.39, 0.29) is 4.90 Å². The molecule has 0 amide bonds. The molecule has 5 nitrogen and oxygen atoms in total. The number of hydrogen-bond donors (Lipinski definition) is 1. The molecule has 2 aromatic rings. The first-order chi connectivity index (χ1) is 12.8. The van der Waals surface area contributed by atoms with Crippen LogP contribution < -0.4 is 9.88 Å². The summed E-state index contributed by atoms with van der Waals surface area (Å²) in [5.41, 5.74) is 1.77. The van der Waals surface area contributed by atoms with Crippen molar-refractivity contribution in [3.63, 3.8) is 0 Å². The minimum absolute atomic E-state index is 0.0229. The molecule has 1 aliphatic rings. The van der Waals surface area contributed by atoms with E-state index in [9.17, 15) is 12.8 Å². The summed E-state index contributed by atoms with van der Waals surface area (Å²) in [6.45, 7) is 3.37. The van der Waals surface area contributed by atoms with E-state index >= 15 is 0 Å². The quantitative estimate of drug-likeness (QED) is 0.735. The Hall–Kier alpha value is -1.61. The number of thioether (sulfide) groups is 1. The number of nitrogens with two attached hydrogens (primary N) is 1. The van der Waals surface area contributed by atoms with Crippen LogP contribution in [-0.4, -0.2) is 38.8 Å². The van der Waals surface area contributed by atoms with Crippen molar-refractivity contribution in [1.82, 2.24) is 4.90 Å². The lowest BCUT2D eigenvalue weighted by Gasteiger charge is -2.19. The van der Waals surface area contributed by atoms with Crippen LogP contribution in [0.25, 0.3) is 0 Å². The van der Waals surface area contributed by atoms with Crippen LogP contribution in [-0.2, 0) is 16.6 Å². The molecule has 2 aromatic carbocycles. The molecule has 2 N–H and O–H groups in total. The van der Waals surface area contributed by atoms with E-state index < -0.39 is 16.2 Å².